The first-order valence-corrected chi connectivity index (χ1v) is 6.81. The third-order valence-corrected chi connectivity index (χ3v) is 3.60. The van der Waals surface area contributed by atoms with Crippen LogP contribution in [0.4, 0.5) is 5.69 Å². The Kier molecular flexibility index (Phi) is 4.53. The number of carbonyl (C=O) groups excluding carboxylic acids is 1. The van der Waals surface area contributed by atoms with Crippen molar-refractivity contribution in [3.63, 3.8) is 0 Å². The molecule has 0 radical (unpaired) electrons. The number of benzene rings is 1. The summed E-state index contributed by atoms with van der Waals surface area (Å²) in [4.78, 5) is 13.4. The van der Waals surface area contributed by atoms with Crippen LogP contribution in [0.5, 0.6) is 0 Å². The molecule has 19 heavy (non-hydrogen) atoms. The quantitative estimate of drug-likeness (QED) is 0.843. The highest BCUT2D eigenvalue weighted by Crippen LogP contribution is 2.13. The summed E-state index contributed by atoms with van der Waals surface area (Å²) in [5, 5.41) is 11.8. The topological polar surface area (TPSA) is 57.3 Å². The number of quaternary nitrogens is 1. The summed E-state index contributed by atoms with van der Waals surface area (Å²) in [6.45, 7) is 4.86. The van der Waals surface area contributed by atoms with Crippen LogP contribution in [0, 0.1) is 17.2 Å². The van der Waals surface area contributed by atoms with E-state index in [1.165, 1.54) is 17.7 Å². The molecule has 1 aromatic carbocycles. The Bertz CT molecular complexity index is 492. The zero-order valence-electron chi connectivity index (χ0n) is 11.3. The van der Waals surface area contributed by atoms with E-state index in [0.29, 0.717) is 23.7 Å². The molecule has 1 fully saturated rings. The lowest BCUT2D eigenvalue weighted by atomic mass is 10.0. The standard InChI is InChI=1S/C15H19N3O/c1-12-5-4-8-18(10-12)11-15(19)17-14-7-3-2-6-13(14)9-16/h2-3,6-7,12H,4-5,8,10-11H2,1H3,(H,17,19)/p+1/t12-/m0/s1. The van der Waals surface area contributed by atoms with Crippen molar-refractivity contribution in [2.75, 3.05) is 25.0 Å². The minimum atomic E-state index is -0.00759. The molecule has 0 aliphatic carbocycles. The lowest BCUT2D eigenvalue weighted by molar-refractivity contribution is -0.900. The lowest BCUT2D eigenvalue weighted by Crippen LogP contribution is -3.14. The predicted octanol–water partition coefficient (Wildman–Crippen LogP) is 0.812. The number of hydrogen-bond donors (Lipinski definition) is 2. The monoisotopic (exact) mass is 258 g/mol. The van der Waals surface area contributed by atoms with Crippen molar-refractivity contribution in [1.29, 1.82) is 5.26 Å². The maximum atomic E-state index is 12.0. The van der Waals surface area contributed by atoms with Gasteiger partial charge in [-0.25, -0.2) is 0 Å². The van der Waals surface area contributed by atoms with E-state index in [-0.39, 0.29) is 5.91 Å². The van der Waals surface area contributed by atoms with Gasteiger partial charge < -0.3 is 10.2 Å². The van der Waals surface area contributed by atoms with Crippen molar-refractivity contribution in [2.45, 2.75) is 19.8 Å². The van der Waals surface area contributed by atoms with Crippen molar-refractivity contribution in [1.82, 2.24) is 0 Å². The second kappa shape index (κ2) is 6.35. The number of para-hydroxylation sites is 1. The maximum Gasteiger partial charge on any atom is 0.279 e. The molecule has 4 nitrogen and oxygen atoms in total. The summed E-state index contributed by atoms with van der Waals surface area (Å²) in [6.07, 6.45) is 2.46. The molecule has 0 bridgehead atoms. The fraction of sp³-hybridized carbons (Fsp3) is 0.467. The van der Waals surface area contributed by atoms with Crippen molar-refractivity contribution in [3.05, 3.63) is 29.8 Å². The number of nitriles is 1. The van der Waals surface area contributed by atoms with Crippen LogP contribution in [0.25, 0.3) is 0 Å². The molecule has 0 aromatic heterocycles. The first kappa shape index (κ1) is 13.6. The molecule has 1 aromatic rings. The largest absolute Gasteiger partial charge is 0.327 e. The van der Waals surface area contributed by atoms with Gasteiger partial charge in [0.15, 0.2) is 6.54 Å². The molecule has 2 rings (SSSR count). The van der Waals surface area contributed by atoms with Crippen LogP contribution in [-0.4, -0.2) is 25.5 Å². The fourth-order valence-electron chi connectivity index (χ4n) is 2.67. The molecule has 1 aliphatic rings. The summed E-state index contributed by atoms with van der Waals surface area (Å²) >= 11 is 0. The van der Waals surface area contributed by atoms with Crippen LogP contribution in [0.15, 0.2) is 24.3 Å². The summed E-state index contributed by atoms with van der Waals surface area (Å²) in [5.74, 6) is 0.690. The van der Waals surface area contributed by atoms with Crippen LogP contribution >= 0.6 is 0 Å². The molecule has 0 saturated carbocycles. The highest BCUT2D eigenvalue weighted by Gasteiger charge is 2.22. The smallest absolute Gasteiger partial charge is 0.279 e. The molecule has 2 atom stereocenters. The van der Waals surface area contributed by atoms with E-state index < -0.39 is 0 Å². The molecular weight excluding hydrogens is 238 g/mol. The fourth-order valence-corrected chi connectivity index (χ4v) is 2.67. The Morgan fingerprint density at radius 2 is 2.32 bits per heavy atom. The Morgan fingerprint density at radius 1 is 1.53 bits per heavy atom. The van der Waals surface area contributed by atoms with Crippen LogP contribution in [0.1, 0.15) is 25.3 Å². The molecule has 2 N–H and O–H groups in total. The molecule has 1 unspecified atom stereocenters. The van der Waals surface area contributed by atoms with Crippen LogP contribution in [0.2, 0.25) is 0 Å². The summed E-state index contributed by atoms with van der Waals surface area (Å²) in [7, 11) is 0. The number of rotatable bonds is 3. The highest BCUT2D eigenvalue weighted by molar-refractivity contribution is 5.92. The van der Waals surface area contributed by atoms with Crippen molar-refractivity contribution < 1.29 is 9.69 Å². The van der Waals surface area contributed by atoms with Gasteiger partial charge in [0.05, 0.1) is 24.3 Å². The molecule has 1 amide bonds. The predicted molar refractivity (Wildman–Crippen MR) is 73.7 cm³/mol. The van der Waals surface area contributed by atoms with E-state index in [9.17, 15) is 4.79 Å². The first-order valence-electron chi connectivity index (χ1n) is 6.81. The van der Waals surface area contributed by atoms with Crippen molar-refractivity contribution in [2.24, 2.45) is 5.92 Å². The SMILES string of the molecule is C[C@H]1CCC[NH+](CC(=O)Nc2ccccc2C#N)C1. The van der Waals surface area contributed by atoms with Gasteiger partial charge in [0.2, 0.25) is 0 Å². The third kappa shape index (κ3) is 3.80. The molecular formula is C15H20N3O+. The average Bonchev–Trinajstić information content (AvgIpc) is 2.39. The minimum absolute atomic E-state index is 0.00759. The average molecular weight is 258 g/mol. The molecule has 1 heterocycles. The Hall–Kier alpha value is -1.86. The van der Waals surface area contributed by atoms with Crippen molar-refractivity contribution >= 4 is 11.6 Å². The number of nitrogens with zero attached hydrogens (tertiary/aromatic N) is 1. The second-order valence-electron chi connectivity index (χ2n) is 5.33. The number of carbonyl (C=O) groups is 1. The van der Waals surface area contributed by atoms with E-state index >= 15 is 0 Å². The number of nitrogens with one attached hydrogen (secondary N) is 2. The second-order valence-corrected chi connectivity index (χ2v) is 5.33. The maximum absolute atomic E-state index is 12.0. The Labute approximate surface area is 114 Å². The molecule has 1 saturated heterocycles. The third-order valence-electron chi connectivity index (χ3n) is 3.60. The van der Waals surface area contributed by atoms with Gasteiger partial charge in [0.1, 0.15) is 6.07 Å². The molecule has 4 heteroatoms. The van der Waals surface area contributed by atoms with E-state index in [1.807, 2.05) is 6.07 Å². The Balaban J connectivity index is 1.92. The van der Waals surface area contributed by atoms with E-state index in [2.05, 4.69) is 18.3 Å². The number of anilines is 1. The zero-order chi connectivity index (χ0) is 13.7. The lowest BCUT2D eigenvalue weighted by Gasteiger charge is -2.27. The van der Waals surface area contributed by atoms with Crippen LogP contribution in [0.3, 0.4) is 0 Å². The Morgan fingerprint density at radius 3 is 3.05 bits per heavy atom. The van der Waals surface area contributed by atoms with Gasteiger partial charge in [-0.05, 0) is 25.0 Å². The number of hydrogen-bond acceptors (Lipinski definition) is 2. The van der Waals surface area contributed by atoms with Gasteiger partial charge in [0.25, 0.3) is 5.91 Å². The van der Waals surface area contributed by atoms with Crippen LogP contribution in [-0.2, 0) is 4.79 Å². The van der Waals surface area contributed by atoms with Gasteiger partial charge in [-0.15, -0.1) is 0 Å². The summed E-state index contributed by atoms with van der Waals surface area (Å²) < 4.78 is 0. The zero-order valence-corrected chi connectivity index (χ0v) is 11.3. The van der Waals surface area contributed by atoms with Gasteiger partial charge in [-0.3, -0.25) is 4.79 Å². The molecule has 1 aliphatic heterocycles. The van der Waals surface area contributed by atoms with E-state index in [0.717, 1.165) is 13.1 Å². The number of likely N-dealkylation sites (tertiary alicyclic amines) is 1. The number of amides is 1. The van der Waals surface area contributed by atoms with Crippen molar-refractivity contribution in [3.8, 4) is 6.07 Å². The minimum Gasteiger partial charge on any atom is -0.327 e. The van der Waals surface area contributed by atoms with Gasteiger partial charge in [-0.2, -0.15) is 5.26 Å². The van der Waals surface area contributed by atoms with Crippen LogP contribution < -0.4 is 10.2 Å². The summed E-state index contributed by atoms with van der Waals surface area (Å²) in [6, 6.07) is 9.20. The van der Waals surface area contributed by atoms with E-state index in [1.54, 1.807) is 18.2 Å². The molecule has 0 spiro atoms. The molecule has 100 valence electrons. The summed E-state index contributed by atoms with van der Waals surface area (Å²) in [5.41, 5.74) is 1.12. The van der Waals surface area contributed by atoms with E-state index in [4.69, 9.17) is 5.26 Å². The number of piperidine rings is 1. The highest BCUT2D eigenvalue weighted by atomic mass is 16.2. The van der Waals surface area contributed by atoms with Gasteiger partial charge in [0, 0.05) is 5.92 Å². The van der Waals surface area contributed by atoms with Gasteiger partial charge >= 0.3 is 0 Å². The van der Waals surface area contributed by atoms with Gasteiger partial charge in [-0.1, -0.05) is 19.1 Å². The first-order chi connectivity index (χ1) is 9.19. The normalized spacial score (nSPS) is 22.5.